The first-order chi connectivity index (χ1) is 8.13. The molecule has 0 radical (unpaired) electrons. The first-order valence-electron chi connectivity index (χ1n) is 5.41. The first kappa shape index (κ1) is 11.6. The zero-order chi connectivity index (χ0) is 12.4. The summed E-state index contributed by atoms with van der Waals surface area (Å²) in [5, 5.41) is 28.9. The lowest BCUT2D eigenvalue weighted by Crippen LogP contribution is -2.17. The minimum absolute atomic E-state index is 0.0754. The van der Waals surface area contributed by atoms with Gasteiger partial charge >= 0.3 is 0 Å². The van der Waals surface area contributed by atoms with Crippen molar-refractivity contribution in [2.75, 3.05) is 0 Å². The SMILES string of the molecule is Cn1ccc2cc(C(O)C(O)CC#N)ccc21. The second kappa shape index (κ2) is 4.58. The van der Waals surface area contributed by atoms with Crippen LogP contribution in [0.1, 0.15) is 18.1 Å². The van der Waals surface area contributed by atoms with Gasteiger partial charge in [0.05, 0.1) is 18.6 Å². The third-order valence-electron chi connectivity index (χ3n) is 2.92. The summed E-state index contributed by atoms with van der Waals surface area (Å²) in [6, 6.07) is 9.29. The number of aromatic nitrogens is 1. The van der Waals surface area contributed by atoms with Crippen LogP contribution in [0, 0.1) is 11.3 Å². The van der Waals surface area contributed by atoms with Crippen LogP contribution in [-0.4, -0.2) is 20.9 Å². The van der Waals surface area contributed by atoms with E-state index in [0.717, 1.165) is 10.9 Å². The molecule has 2 rings (SSSR count). The Labute approximate surface area is 99.3 Å². The molecule has 4 heteroatoms. The lowest BCUT2D eigenvalue weighted by Gasteiger charge is -2.15. The first-order valence-corrected chi connectivity index (χ1v) is 5.41. The molecule has 2 unspecified atom stereocenters. The molecule has 0 saturated carbocycles. The van der Waals surface area contributed by atoms with Crippen molar-refractivity contribution in [1.29, 1.82) is 5.26 Å². The number of hydrogen-bond donors (Lipinski definition) is 2. The summed E-state index contributed by atoms with van der Waals surface area (Å²) in [5.41, 5.74) is 1.70. The van der Waals surface area contributed by atoms with E-state index in [1.165, 1.54) is 0 Å². The van der Waals surface area contributed by atoms with Gasteiger partial charge in [0.1, 0.15) is 6.10 Å². The van der Waals surface area contributed by atoms with Crippen molar-refractivity contribution in [3.8, 4) is 6.07 Å². The van der Waals surface area contributed by atoms with Gasteiger partial charge in [-0.05, 0) is 29.1 Å². The van der Waals surface area contributed by atoms with Crippen LogP contribution >= 0.6 is 0 Å². The molecule has 0 fully saturated rings. The van der Waals surface area contributed by atoms with Crippen LogP contribution in [0.4, 0.5) is 0 Å². The minimum Gasteiger partial charge on any atom is -0.389 e. The highest BCUT2D eigenvalue weighted by atomic mass is 16.3. The third kappa shape index (κ3) is 2.16. The van der Waals surface area contributed by atoms with Gasteiger partial charge in [-0.15, -0.1) is 0 Å². The zero-order valence-electron chi connectivity index (χ0n) is 9.54. The van der Waals surface area contributed by atoms with Crippen LogP contribution < -0.4 is 0 Å². The largest absolute Gasteiger partial charge is 0.389 e. The van der Waals surface area contributed by atoms with Crippen molar-refractivity contribution in [3.63, 3.8) is 0 Å². The van der Waals surface area contributed by atoms with Gasteiger partial charge in [-0.2, -0.15) is 5.26 Å². The van der Waals surface area contributed by atoms with Crippen molar-refractivity contribution in [1.82, 2.24) is 4.57 Å². The van der Waals surface area contributed by atoms with Gasteiger partial charge in [0, 0.05) is 18.8 Å². The Kier molecular flexibility index (Phi) is 3.14. The number of aliphatic hydroxyl groups excluding tert-OH is 2. The molecule has 2 atom stereocenters. The topological polar surface area (TPSA) is 69.2 Å². The number of benzene rings is 1. The Balaban J connectivity index is 2.33. The molecule has 2 N–H and O–H groups in total. The zero-order valence-corrected chi connectivity index (χ0v) is 9.54. The van der Waals surface area contributed by atoms with E-state index in [4.69, 9.17) is 5.26 Å². The summed E-state index contributed by atoms with van der Waals surface area (Å²) in [4.78, 5) is 0. The molecule has 4 nitrogen and oxygen atoms in total. The molecular weight excluding hydrogens is 216 g/mol. The van der Waals surface area contributed by atoms with Gasteiger partial charge < -0.3 is 14.8 Å². The Hall–Kier alpha value is -1.83. The molecule has 17 heavy (non-hydrogen) atoms. The fourth-order valence-electron chi connectivity index (χ4n) is 1.91. The maximum atomic E-state index is 9.88. The van der Waals surface area contributed by atoms with E-state index in [1.54, 1.807) is 6.07 Å². The fourth-order valence-corrected chi connectivity index (χ4v) is 1.91. The molecule has 1 aromatic carbocycles. The van der Waals surface area contributed by atoms with E-state index in [9.17, 15) is 10.2 Å². The van der Waals surface area contributed by atoms with Gasteiger partial charge in [0.2, 0.25) is 0 Å². The van der Waals surface area contributed by atoms with Crippen LogP contribution in [0.5, 0.6) is 0 Å². The van der Waals surface area contributed by atoms with Gasteiger partial charge in [-0.3, -0.25) is 0 Å². The van der Waals surface area contributed by atoms with Crippen LogP contribution in [0.3, 0.4) is 0 Å². The predicted octanol–water partition coefficient (Wildman–Crippen LogP) is 1.49. The van der Waals surface area contributed by atoms with Gasteiger partial charge in [0.15, 0.2) is 0 Å². The quantitative estimate of drug-likeness (QED) is 0.839. The van der Waals surface area contributed by atoms with E-state index in [2.05, 4.69) is 0 Å². The monoisotopic (exact) mass is 230 g/mol. The maximum Gasteiger partial charge on any atom is 0.106 e. The van der Waals surface area contributed by atoms with Crippen molar-refractivity contribution >= 4 is 10.9 Å². The number of rotatable bonds is 3. The van der Waals surface area contributed by atoms with Crippen molar-refractivity contribution in [2.45, 2.75) is 18.6 Å². The molecule has 1 heterocycles. The number of nitriles is 1. The van der Waals surface area contributed by atoms with Gasteiger partial charge in [0.25, 0.3) is 0 Å². The van der Waals surface area contributed by atoms with E-state index >= 15 is 0 Å². The van der Waals surface area contributed by atoms with E-state index < -0.39 is 12.2 Å². The number of nitrogens with zero attached hydrogens (tertiary/aromatic N) is 2. The second-order valence-electron chi connectivity index (χ2n) is 4.12. The lowest BCUT2D eigenvalue weighted by atomic mass is 10.0. The highest BCUT2D eigenvalue weighted by Gasteiger charge is 2.18. The van der Waals surface area contributed by atoms with Crippen LogP contribution in [0.25, 0.3) is 10.9 Å². The van der Waals surface area contributed by atoms with Gasteiger partial charge in [-0.1, -0.05) is 6.07 Å². The average molecular weight is 230 g/mol. The van der Waals surface area contributed by atoms with Gasteiger partial charge in [-0.25, -0.2) is 0 Å². The van der Waals surface area contributed by atoms with Crippen molar-refractivity contribution in [3.05, 3.63) is 36.0 Å². The Morgan fingerprint density at radius 2 is 2.12 bits per heavy atom. The number of fused-ring (bicyclic) bond motifs is 1. The molecule has 0 aliphatic rings. The third-order valence-corrected chi connectivity index (χ3v) is 2.92. The van der Waals surface area contributed by atoms with E-state index in [0.29, 0.717) is 5.56 Å². The summed E-state index contributed by atoms with van der Waals surface area (Å²) in [6.45, 7) is 0. The molecule has 1 aromatic heterocycles. The number of hydrogen-bond acceptors (Lipinski definition) is 3. The van der Waals surface area contributed by atoms with E-state index in [1.807, 2.05) is 42.1 Å². The normalized spacial score (nSPS) is 14.5. The summed E-state index contributed by atoms with van der Waals surface area (Å²) < 4.78 is 1.98. The summed E-state index contributed by atoms with van der Waals surface area (Å²) >= 11 is 0. The second-order valence-corrected chi connectivity index (χ2v) is 4.12. The Morgan fingerprint density at radius 3 is 2.82 bits per heavy atom. The summed E-state index contributed by atoms with van der Waals surface area (Å²) in [7, 11) is 1.95. The number of aliphatic hydroxyl groups is 2. The van der Waals surface area contributed by atoms with Crippen LogP contribution in [0.15, 0.2) is 30.5 Å². The Bertz CT molecular complexity index is 568. The molecule has 0 spiro atoms. The highest BCUT2D eigenvalue weighted by molar-refractivity contribution is 5.80. The standard InChI is InChI=1S/C13H14N2O2/c1-15-7-5-9-8-10(2-3-11(9)15)13(17)12(16)4-6-14/h2-3,5,7-8,12-13,16-17H,4H2,1H3. The Morgan fingerprint density at radius 1 is 1.35 bits per heavy atom. The van der Waals surface area contributed by atoms with Crippen LogP contribution in [-0.2, 0) is 7.05 Å². The van der Waals surface area contributed by atoms with Crippen LogP contribution in [0.2, 0.25) is 0 Å². The lowest BCUT2D eigenvalue weighted by molar-refractivity contribution is 0.0217. The molecule has 0 aliphatic carbocycles. The van der Waals surface area contributed by atoms with Crippen molar-refractivity contribution in [2.24, 2.45) is 7.05 Å². The van der Waals surface area contributed by atoms with Crippen molar-refractivity contribution < 1.29 is 10.2 Å². The highest BCUT2D eigenvalue weighted by Crippen LogP contribution is 2.23. The molecule has 2 aromatic rings. The smallest absolute Gasteiger partial charge is 0.106 e. The molecular formula is C13H14N2O2. The summed E-state index contributed by atoms with van der Waals surface area (Å²) in [5.74, 6) is 0. The minimum atomic E-state index is -1.04. The fraction of sp³-hybridized carbons (Fsp3) is 0.308. The molecule has 0 amide bonds. The van der Waals surface area contributed by atoms with E-state index in [-0.39, 0.29) is 6.42 Å². The summed E-state index contributed by atoms with van der Waals surface area (Å²) in [6.07, 6.45) is -0.194. The average Bonchev–Trinajstić information content (AvgIpc) is 2.70. The molecule has 0 bridgehead atoms. The molecule has 0 aliphatic heterocycles. The number of aryl methyl sites for hydroxylation is 1. The molecule has 0 saturated heterocycles. The predicted molar refractivity (Wildman–Crippen MR) is 64.1 cm³/mol. The molecule has 88 valence electrons. The maximum absolute atomic E-state index is 9.88.